The van der Waals surface area contributed by atoms with Crippen molar-refractivity contribution in [3.05, 3.63) is 24.0 Å². The first kappa shape index (κ1) is 12.4. The highest BCUT2D eigenvalue weighted by Gasteiger charge is 2.32. The lowest BCUT2D eigenvalue weighted by Crippen LogP contribution is -2.25. The average molecular weight is 235 g/mol. The van der Waals surface area contributed by atoms with Crippen molar-refractivity contribution in [3.63, 3.8) is 0 Å². The summed E-state index contributed by atoms with van der Waals surface area (Å²) in [5.74, 6) is 1.43. The molecule has 1 aliphatic rings. The van der Waals surface area contributed by atoms with Crippen LogP contribution in [0.25, 0.3) is 0 Å². The van der Waals surface area contributed by atoms with Crippen LogP contribution in [0.4, 0.5) is 0 Å². The van der Waals surface area contributed by atoms with Crippen LogP contribution in [0.1, 0.15) is 44.6 Å². The lowest BCUT2D eigenvalue weighted by atomic mass is 9.87. The number of methoxy groups -OCH3 is 1. The maximum atomic E-state index is 10.8. The second-order valence-corrected chi connectivity index (χ2v) is 5.18. The summed E-state index contributed by atoms with van der Waals surface area (Å²) in [5.41, 5.74) is 0.178. The minimum Gasteiger partial charge on any atom is -0.495 e. The maximum Gasteiger partial charge on any atom is 0.137 e. The molecule has 3 nitrogen and oxygen atoms in total. The molecule has 94 valence electrons. The first-order valence-corrected chi connectivity index (χ1v) is 6.36. The van der Waals surface area contributed by atoms with Gasteiger partial charge >= 0.3 is 0 Å². The molecule has 0 aliphatic heterocycles. The van der Waals surface area contributed by atoms with E-state index in [4.69, 9.17) is 4.74 Å². The molecule has 0 amide bonds. The lowest BCUT2D eigenvalue weighted by Gasteiger charge is -2.27. The van der Waals surface area contributed by atoms with Gasteiger partial charge in [-0.05, 0) is 37.7 Å². The van der Waals surface area contributed by atoms with E-state index in [1.165, 1.54) is 6.42 Å². The Kier molecular flexibility index (Phi) is 3.67. The molecule has 2 atom stereocenters. The highest BCUT2D eigenvalue weighted by Crippen LogP contribution is 2.38. The van der Waals surface area contributed by atoms with E-state index in [1.54, 1.807) is 19.5 Å². The Morgan fingerprint density at radius 2 is 2.18 bits per heavy atom. The lowest BCUT2D eigenvalue weighted by molar-refractivity contribution is 0.0193. The first-order valence-electron chi connectivity index (χ1n) is 6.36. The van der Waals surface area contributed by atoms with Crippen LogP contribution in [-0.4, -0.2) is 17.2 Å². The van der Waals surface area contributed by atoms with Crippen LogP contribution < -0.4 is 4.74 Å². The third kappa shape index (κ3) is 2.78. The summed E-state index contributed by atoms with van der Waals surface area (Å²) in [4.78, 5) is 4.14. The van der Waals surface area contributed by atoms with Crippen molar-refractivity contribution in [2.45, 2.75) is 44.6 Å². The number of rotatable bonds is 2. The molecule has 0 aromatic carbocycles. The number of ether oxygens (including phenoxy) is 1. The molecule has 1 aromatic heterocycles. The fourth-order valence-electron chi connectivity index (χ4n) is 2.57. The second kappa shape index (κ2) is 5.05. The molecule has 1 aliphatic carbocycles. The van der Waals surface area contributed by atoms with E-state index in [0.29, 0.717) is 11.7 Å². The molecule has 0 saturated heterocycles. The summed E-state index contributed by atoms with van der Waals surface area (Å²) >= 11 is 0. The van der Waals surface area contributed by atoms with Gasteiger partial charge in [-0.1, -0.05) is 13.3 Å². The SMILES string of the molecule is COc1cncc(C2(O)CCCC(C)CC2)c1. The maximum absolute atomic E-state index is 10.8. The molecule has 17 heavy (non-hydrogen) atoms. The predicted molar refractivity (Wildman–Crippen MR) is 66.9 cm³/mol. The summed E-state index contributed by atoms with van der Waals surface area (Å²) in [6.45, 7) is 2.26. The normalized spacial score (nSPS) is 29.7. The van der Waals surface area contributed by atoms with E-state index < -0.39 is 5.60 Å². The van der Waals surface area contributed by atoms with E-state index >= 15 is 0 Å². The smallest absolute Gasteiger partial charge is 0.137 e. The minimum atomic E-state index is -0.716. The van der Waals surface area contributed by atoms with E-state index in [0.717, 1.165) is 31.2 Å². The van der Waals surface area contributed by atoms with E-state index in [1.807, 2.05) is 6.07 Å². The summed E-state index contributed by atoms with van der Waals surface area (Å²) in [5, 5.41) is 10.8. The molecule has 1 aromatic rings. The van der Waals surface area contributed by atoms with Gasteiger partial charge in [-0.25, -0.2) is 0 Å². The largest absolute Gasteiger partial charge is 0.495 e. The van der Waals surface area contributed by atoms with Gasteiger partial charge in [0.15, 0.2) is 0 Å². The fraction of sp³-hybridized carbons (Fsp3) is 0.643. The molecule has 0 spiro atoms. The van der Waals surface area contributed by atoms with E-state index in [2.05, 4.69) is 11.9 Å². The Labute approximate surface area is 103 Å². The molecule has 1 N–H and O–H groups in total. The summed E-state index contributed by atoms with van der Waals surface area (Å²) in [6.07, 6.45) is 8.45. The first-order chi connectivity index (χ1) is 8.14. The van der Waals surface area contributed by atoms with Crippen LogP contribution in [0.2, 0.25) is 0 Å². The molecule has 1 heterocycles. The number of nitrogens with zero attached hydrogens (tertiary/aromatic N) is 1. The fourth-order valence-corrected chi connectivity index (χ4v) is 2.57. The molecule has 0 radical (unpaired) electrons. The third-order valence-electron chi connectivity index (χ3n) is 3.82. The van der Waals surface area contributed by atoms with Crippen molar-refractivity contribution in [1.29, 1.82) is 0 Å². The van der Waals surface area contributed by atoms with Crippen LogP contribution in [0.3, 0.4) is 0 Å². The summed E-state index contributed by atoms with van der Waals surface area (Å²) in [7, 11) is 1.63. The highest BCUT2D eigenvalue weighted by atomic mass is 16.5. The van der Waals surface area contributed by atoms with Crippen molar-refractivity contribution in [2.75, 3.05) is 7.11 Å². The molecular weight excluding hydrogens is 214 g/mol. The quantitative estimate of drug-likeness (QED) is 0.801. The van der Waals surface area contributed by atoms with E-state index in [9.17, 15) is 5.11 Å². The zero-order valence-electron chi connectivity index (χ0n) is 10.6. The molecule has 2 unspecified atom stereocenters. The van der Waals surface area contributed by atoms with Crippen LogP contribution in [0.5, 0.6) is 5.75 Å². The van der Waals surface area contributed by atoms with Gasteiger partial charge in [-0.3, -0.25) is 4.98 Å². The number of aromatic nitrogens is 1. The van der Waals surface area contributed by atoms with Crippen molar-refractivity contribution in [1.82, 2.24) is 4.98 Å². The van der Waals surface area contributed by atoms with Crippen molar-refractivity contribution in [2.24, 2.45) is 5.92 Å². The van der Waals surface area contributed by atoms with Crippen LogP contribution in [0.15, 0.2) is 18.5 Å². The van der Waals surface area contributed by atoms with Gasteiger partial charge in [-0.2, -0.15) is 0 Å². The van der Waals surface area contributed by atoms with Gasteiger partial charge in [0.25, 0.3) is 0 Å². The number of hydrogen-bond donors (Lipinski definition) is 1. The third-order valence-corrected chi connectivity index (χ3v) is 3.82. The Balaban J connectivity index is 2.23. The number of aliphatic hydroxyl groups is 1. The molecule has 0 bridgehead atoms. The van der Waals surface area contributed by atoms with Crippen molar-refractivity contribution in [3.8, 4) is 5.75 Å². The summed E-state index contributed by atoms with van der Waals surface area (Å²) < 4.78 is 5.17. The summed E-state index contributed by atoms with van der Waals surface area (Å²) in [6, 6.07) is 1.91. The Hall–Kier alpha value is -1.09. The van der Waals surface area contributed by atoms with Gasteiger partial charge in [0.1, 0.15) is 5.75 Å². The zero-order chi connectivity index (χ0) is 12.3. The predicted octanol–water partition coefficient (Wildman–Crippen LogP) is 2.88. The zero-order valence-corrected chi connectivity index (χ0v) is 10.6. The van der Waals surface area contributed by atoms with E-state index in [-0.39, 0.29) is 0 Å². The Morgan fingerprint density at radius 1 is 1.35 bits per heavy atom. The van der Waals surface area contributed by atoms with Crippen molar-refractivity contribution >= 4 is 0 Å². The Bertz CT molecular complexity index is 380. The van der Waals surface area contributed by atoms with Crippen molar-refractivity contribution < 1.29 is 9.84 Å². The van der Waals surface area contributed by atoms with Crippen LogP contribution in [0, 0.1) is 5.92 Å². The Morgan fingerprint density at radius 3 is 2.94 bits per heavy atom. The van der Waals surface area contributed by atoms with Gasteiger partial charge in [-0.15, -0.1) is 0 Å². The van der Waals surface area contributed by atoms with Gasteiger partial charge < -0.3 is 9.84 Å². The standard InChI is InChI=1S/C14H21NO2/c1-11-4-3-6-14(16,7-5-11)12-8-13(17-2)10-15-9-12/h8-11,16H,3-7H2,1-2H3. The molecule has 3 heteroatoms. The topological polar surface area (TPSA) is 42.4 Å². The monoisotopic (exact) mass is 235 g/mol. The van der Waals surface area contributed by atoms with Gasteiger partial charge in [0, 0.05) is 11.8 Å². The molecular formula is C14H21NO2. The molecule has 1 saturated carbocycles. The second-order valence-electron chi connectivity index (χ2n) is 5.18. The van der Waals surface area contributed by atoms with Crippen LogP contribution >= 0.6 is 0 Å². The van der Waals surface area contributed by atoms with Crippen LogP contribution in [-0.2, 0) is 5.60 Å². The van der Waals surface area contributed by atoms with Gasteiger partial charge in [0.05, 0.1) is 18.9 Å². The number of pyridine rings is 1. The highest BCUT2D eigenvalue weighted by molar-refractivity contribution is 5.28. The molecule has 2 rings (SSSR count). The number of hydrogen-bond acceptors (Lipinski definition) is 3. The molecule has 1 fully saturated rings. The van der Waals surface area contributed by atoms with Gasteiger partial charge in [0.2, 0.25) is 0 Å². The minimum absolute atomic E-state index is 0.711. The average Bonchev–Trinajstić information content (AvgIpc) is 2.53.